The van der Waals surface area contributed by atoms with Crippen molar-refractivity contribution in [3.8, 4) is 5.75 Å². The summed E-state index contributed by atoms with van der Waals surface area (Å²) in [7, 11) is 1.59. The molecule has 0 unspecified atom stereocenters. The molecular weight excluding hydrogens is 400 g/mol. The van der Waals surface area contributed by atoms with Crippen LogP contribution in [0, 0.1) is 27.7 Å². The number of benzene rings is 3. The van der Waals surface area contributed by atoms with E-state index in [1.54, 1.807) is 31.4 Å². The predicted molar refractivity (Wildman–Crippen MR) is 128 cm³/mol. The normalized spacial score (nSPS) is 13.7. The molecule has 1 N–H and O–H groups in total. The first kappa shape index (κ1) is 21.4. The molecule has 0 radical (unpaired) electrons. The summed E-state index contributed by atoms with van der Waals surface area (Å²) in [5.41, 5.74) is 6.88. The highest BCUT2D eigenvalue weighted by molar-refractivity contribution is 6.46. The Hall–Kier alpha value is -3.86. The van der Waals surface area contributed by atoms with E-state index in [4.69, 9.17) is 4.74 Å². The molecule has 5 nitrogen and oxygen atoms in total. The number of ether oxygens (including phenoxy) is 1. The highest BCUT2D eigenvalue weighted by Crippen LogP contribution is 2.35. The Kier molecular flexibility index (Phi) is 5.57. The number of imide groups is 1. The number of nitrogens with one attached hydrogen (secondary N) is 1. The molecule has 1 aliphatic heterocycles. The van der Waals surface area contributed by atoms with Crippen LogP contribution in [0.25, 0.3) is 5.57 Å². The summed E-state index contributed by atoms with van der Waals surface area (Å²) >= 11 is 0. The van der Waals surface area contributed by atoms with Gasteiger partial charge in [-0.1, -0.05) is 30.3 Å². The minimum absolute atomic E-state index is 0.270. The number of anilines is 2. The van der Waals surface area contributed by atoms with Gasteiger partial charge in [-0.3, -0.25) is 9.59 Å². The minimum atomic E-state index is -0.370. The quantitative estimate of drug-likeness (QED) is 0.561. The van der Waals surface area contributed by atoms with Gasteiger partial charge in [0.25, 0.3) is 11.8 Å². The van der Waals surface area contributed by atoms with Crippen LogP contribution in [0.4, 0.5) is 11.4 Å². The number of carbonyl (C=O) groups is 2. The maximum atomic E-state index is 13.6. The highest BCUT2D eigenvalue weighted by Gasteiger charge is 2.40. The molecule has 0 fully saturated rings. The van der Waals surface area contributed by atoms with Crippen LogP contribution in [0.2, 0.25) is 0 Å². The van der Waals surface area contributed by atoms with Crippen LogP contribution in [0.5, 0.6) is 5.75 Å². The molecule has 0 aromatic heterocycles. The summed E-state index contributed by atoms with van der Waals surface area (Å²) in [6, 6.07) is 18.6. The molecule has 0 saturated heterocycles. The van der Waals surface area contributed by atoms with E-state index in [2.05, 4.69) is 5.32 Å². The Morgan fingerprint density at radius 2 is 1.50 bits per heavy atom. The zero-order valence-corrected chi connectivity index (χ0v) is 18.9. The maximum absolute atomic E-state index is 13.6. The highest BCUT2D eigenvalue weighted by atomic mass is 16.5. The molecule has 4 rings (SSSR count). The number of rotatable bonds is 5. The molecule has 0 atom stereocenters. The number of amides is 2. The lowest BCUT2D eigenvalue weighted by Gasteiger charge is -2.17. The lowest BCUT2D eigenvalue weighted by atomic mass is 10.0. The maximum Gasteiger partial charge on any atom is 0.282 e. The van der Waals surface area contributed by atoms with Gasteiger partial charge in [-0.2, -0.15) is 0 Å². The second kappa shape index (κ2) is 8.35. The fourth-order valence-electron chi connectivity index (χ4n) is 3.79. The lowest BCUT2D eigenvalue weighted by Crippen LogP contribution is -2.32. The smallest absolute Gasteiger partial charge is 0.282 e. The number of aryl methyl sites for hydroxylation is 3. The first-order valence-electron chi connectivity index (χ1n) is 10.5. The third-order valence-electron chi connectivity index (χ3n) is 6.08. The fraction of sp³-hybridized carbons (Fsp3) is 0.185. The van der Waals surface area contributed by atoms with Crippen LogP contribution in [-0.2, 0) is 9.59 Å². The number of hydrogen-bond donors (Lipinski definition) is 1. The van der Waals surface area contributed by atoms with Crippen molar-refractivity contribution < 1.29 is 14.3 Å². The van der Waals surface area contributed by atoms with Crippen molar-refractivity contribution in [1.82, 2.24) is 0 Å². The lowest BCUT2D eigenvalue weighted by molar-refractivity contribution is -0.120. The molecule has 0 aliphatic carbocycles. The van der Waals surface area contributed by atoms with E-state index >= 15 is 0 Å². The molecule has 3 aromatic carbocycles. The second-order valence-electron chi connectivity index (χ2n) is 8.07. The Labute approximate surface area is 188 Å². The van der Waals surface area contributed by atoms with Crippen LogP contribution in [0.15, 0.2) is 66.4 Å². The average Bonchev–Trinajstić information content (AvgIpc) is 3.03. The SMILES string of the molecule is COc1ccc(C2=C(Nc3cccc(C)c3C)C(=O)N(c3ccc(C)c(C)c3)C2=O)cc1. The van der Waals surface area contributed by atoms with E-state index in [9.17, 15) is 9.59 Å². The number of hydrogen-bond acceptors (Lipinski definition) is 4. The average molecular weight is 427 g/mol. The van der Waals surface area contributed by atoms with Crippen LogP contribution in [-0.4, -0.2) is 18.9 Å². The molecule has 32 heavy (non-hydrogen) atoms. The monoisotopic (exact) mass is 426 g/mol. The van der Waals surface area contributed by atoms with Crippen molar-refractivity contribution in [3.63, 3.8) is 0 Å². The van der Waals surface area contributed by atoms with E-state index in [1.165, 1.54) is 4.90 Å². The number of methoxy groups -OCH3 is 1. The topological polar surface area (TPSA) is 58.6 Å². The van der Waals surface area contributed by atoms with E-state index in [0.717, 1.165) is 27.9 Å². The van der Waals surface area contributed by atoms with Crippen LogP contribution < -0.4 is 15.0 Å². The van der Waals surface area contributed by atoms with Gasteiger partial charge in [0.15, 0.2) is 0 Å². The van der Waals surface area contributed by atoms with Crippen molar-refractivity contribution in [2.75, 3.05) is 17.3 Å². The van der Waals surface area contributed by atoms with Gasteiger partial charge in [0.2, 0.25) is 0 Å². The first-order valence-corrected chi connectivity index (χ1v) is 10.5. The molecular formula is C27H26N2O3. The van der Waals surface area contributed by atoms with Crippen molar-refractivity contribution >= 4 is 28.8 Å². The number of nitrogens with zero attached hydrogens (tertiary/aromatic N) is 1. The zero-order chi connectivity index (χ0) is 23.0. The Bertz CT molecular complexity index is 1260. The van der Waals surface area contributed by atoms with Gasteiger partial charge in [0, 0.05) is 5.69 Å². The summed E-state index contributed by atoms with van der Waals surface area (Å²) in [6.07, 6.45) is 0. The van der Waals surface area contributed by atoms with Gasteiger partial charge >= 0.3 is 0 Å². The zero-order valence-electron chi connectivity index (χ0n) is 18.9. The van der Waals surface area contributed by atoms with Gasteiger partial charge in [-0.05, 0) is 85.8 Å². The molecule has 1 heterocycles. The third kappa shape index (κ3) is 3.66. The van der Waals surface area contributed by atoms with Crippen LogP contribution in [0.1, 0.15) is 27.8 Å². The van der Waals surface area contributed by atoms with Crippen LogP contribution >= 0.6 is 0 Å². The second-order valence-corrected chi connectivity index (χ2v) is 8.07. The Balaban J connectivity index is 1.85. The molecule has 2 amide bonds. The van der Waals surface area contributed by atoms with Crippen molar-refractivity contribution in [2.45, 2.75) is 27.7 Å². The molecule has 3 aromatic rings. The predicted octanol–water partition coefficient (Wildman–Crippen LogP) is 5.33. The molecule has 162 valence electrons. The van der Waals surface area contributed by atoms with E-state index in [1.807, 2.05) is 64.1 Å². The van der Waals surface area contributed by atoms with Crippen molar-refractivity contribution in [3.05, 3.63) is 94.2 Å². The Morgan fingerprint density at radius 1 is 0.781 bits per heavy atom. The third-order valence-corrected chi connectivity index (χ3v) is 6.08. The fourth-order valence-corrected chi connectivity index (χ4v) is 3.79. The van der Waals surface area contributed by atoms with Gasteiger partial charge in [0.05, 0.1) is 18.4 Å². The first-order chi connectivity index (χ1) is 15.3. The molecule has 1 aliphatic rings. The molecule has 0 spiro atoms. The summed E-state index contributed by atoms with van der Waals surface area (Å²) in [5, 5.41) is 3.27. The largest absolute Gasteiger partial charge is 0.497 e. The summed E-state index contributed by atoms with van der Waals surface area (Å²) < 4.78 is 5.25. The van der Waals surface area contributed by atoms with E-state index in [0.29, 0.717) is 22.6 Å². The van der Waals surface area contributed by atoms with Gasteiger partial charge in [0.1, 0.15) is 11.4 Å². The molecule has 0 bridgehead atoms. The summed E-state index contributed by atoms with van der Waals surface area (Å²) in [4.78, 5) is 28.4. The Morgan fingerprint density at radius 3 is 2.16 bits per heavy atom. The molecule has 5 heteroatoms. The molecule has 0 saturated carbocycles. The van der Waals surface area contributed by atoms with Gasteiger partial charge in [-0.15, -0.1) is 0 Å². The van der Waals surface area contributed by atoms with Gasteiger partial charge in [-0.25, -0.2) is 4.90 Å². The summed E-state index contributed by atoms with van der Waals surface area (Å²) in [5.74, 6) is -0.0395. The van der Waals surface area contributed by atoms with Crippen LogP contribution in [0.3, 0.4) is 0 Å². The van der Waals surface area contributed by atoms with E-state index < -0.39 is 0 Å². The number of carbonyl (C=O) groups excluding carboxylic acids is 2. The minimum Gasteiger partial charge on any atom is -0.497 e. The standard InChI is InChI=1S/C27H26N2O3/c1-16-9-12-21(15-18(16)3)29-26(30)24(20-10-13-22(32-5)14-11-20)25(27(29)31)28-23-8-6-7-17(2)19(23)4/h6-15,28H,1-5H3. The van der Waals surface area contributed by atoms with E-state index in [-0.39, 0.29) is 17.5 Å². The van der Waals surface area contributed by atoms with Crippen molar-refractivity contribution in [2.24, 2.45) is 0 Å². The van der Waals surface area contributed by atoms with Gasteiger partial charge < -0.3 is 10.1 Å². The van der Waals surface area contributed by atoms with Crippen molar-refractivity contribution in [1.29, 1.82) is 0 Å². The summed E-state index contributed by atoms with van der Waals surface area (Å²) in [6.45, 7) is 7.98.